The number of aromatic nitrogens is 3. The molecule has 0 saturated heterocycles. The molecule has 0 unspecified atom stereocenters. The third-order valence-corrected chi connectivity index (χ3v) is 3.10. The number of anilines is 2. The summed E-state index contributed by atoms with van der Waals surface area (Å²) in [6.45, 7) is 5.89. The van der Waals surface area contributed by atoms with E-state index in [4.69, 9.17) is 0 Å². The SMILES string of the molecule is CCCNc1cccc(NCc2cnn(C)c2C)n1. The summed E-state index contributed by atoms with van der Waals surface area (Å²) in [7, 11) is 1.95. The van der Waals surface area contributed by atoms with E-state index in [2.05, 4.69) is 34.6 Å². The van der Waals surface area contributed by atoms with Gasteiger partial charge in [-0.1, -0.05) is 13.0 Å². The molecular weight excluding hydrogens is 238 g/mol. The first-order chi connectivity index (χ1) is 9.20. The van der Waals surface area contributed by atoms with Gasteiger partial charge in [0.1, 0.15) is 11.6 Å². The van der Waals surface area contributed by atoms with E-state index < -0.39 is 0 Å². The largest absolute Gasteiger partial charge is 0.370 e. The fraction of sp³-hybridized carbons (Fsp3) is 0.429. The van der Waals surface area contributed by atoms with Crippen molar-refractivity contribution < 1.29 is 0 Å². The Bertz CT molecular complexity index is 532. The normalized spacial score (nSPS) is 10.5. The first-order valence-electron chi connectivity index (χ1n) is 6.63. The summed E-state index contributed by atoms with van der Waals surface area (Å²) in [6.07, 6.45) is 2.98. The number of aryl methyl sites for hydroxylation is 1. The van der Waals surface area contributed by atoms with E-state index in [1.165, 1.54) is 11.3 Å². The van der Waals surface area contributed by atoms with Crippen molar-refractivity contribution in [3.05, 3.63) is 35.7 Å². The molecule has 0 aliphatic carbocycles. The smallest absolute Gasteiger partial charge is 0.128 e. The quantitative estimate of drug-likeness (QED) is 0.837. The molecule has 2 N–H and O–H groups in total. The topological polar surface area (TPSA) is 54.8 Å². The number of pyridine rings is 1. The minimum Gasteiger partial charge on any atom is -0.370 e. The molecule has 0 saturated carbocycles. The van der Waals surface area contributed by atoms with Gasteiger partial charge in [-0.25, -0.2) is 4.98 Å². The molecule has 0 amide bonds. The standard InChI is InChI=1S/C14H21N5/c1-4-8-15-13-6-5-7-14(18-13)16-9-12-10-17-19(3)11(12)2/h5-7,10H,4,8-9H2,1-3H3,(H2,15,16,18). The number of hydrogen-bond acceptors (Lipinski definition) is 4. The molecule has 2 aromatic rings. The van der Waals surface area contributed by atoms with Gasteiger partial charge in [0.2, 0.25) is 0 Å². The molecule has 5 heteroatoms. The van der Waals surface area contributed by atoms with Crippen molar-refractivity contribution in [2.24, 2.45) is 7.05 Å². The molecule has 0 aromatic carbocycles. The van der Waals surface area contributed by atoms with Crippen molar-refractivity contribution in [2.75, 3.05) is 17.2 Å². The van der Waals surface area contributed by atoms with Gasteiger partial charge >= 0.3 is 0 Å². The zero-order valence-corrected chi connectivity index (χ0v) is 11.8. The van der Waals surface area contributed by atoms with Crippen molar-refractivity contribution in [1.82, 2.24) is 14.8 Å². The Balaban J connectivity index is 1.97. The van der Waals surface area contributed by atoms with Crippen LogP contribution in [0.25, 0.3) is 0 Å². The Hall–Kier alpha value is -2.04. The third kappa shape index (κ3) is 3.47. The van der Waals surface area contributed by atoms with Crippen molar-refractivity contribution in [1.29, 1.82) is 0 Å². The van der Waals surface area contributed by atoms with Crippen LogP contribution in [0.2, 0.25) is 0 Å². The summed E-state index contributed by atoms with van der Waals surface area (Å²) in [5.41, 5.74) is 2.36. The summed E-state index contributed by atoms with van der Waals surface area (Å²) in [4.78, 5) is 4.51. The van der Waals surface area contributed by atoms with Crippen LogP contribution in [0.15, 0.2) is 24.4 Å². The second-order valence-corrected chi connectivity index (χ2v) is 4.57. The molecule has 2 aromatic heterocycles. The van der Waals surface area contributed by atoms with Crippen molar-refractivity contribution in [3.63, 3.8) is 0 Å². The molecule has 0 aliphatic rings. The summed E-state index contributed by atoms with van der Waals surface area (Å²) in [5, 5.41) is 10.8. The second kappa shape index (κ2) is 6.22. The maximum absolute atomic E-state index is 4.51. The van der Waals surface area contributed by atoms with E-state index in [9.17, 15) is 0 Å². The highest BCUT2D eigenvalue weighted by atomic mass is 15.3. The van der Waals surface area contributed by atoms with Gasteiger partial charge in [-0.15, -0.1) is 0 Å². The van der Waals surface area contributed by atoms with Crippen LogP contribution in [0, 0.1) is 6.92 Å². The molecule has 0 spiro atoms. The highest BCUT2D eigenvalue weighted by Gasteiger charge is 2.03. The predicted octanol–water partition coefficient (Wildman–Crippen LogP) is 2.56. The molecular formula is C14H21N5. The molecule has 2 heterocycles. The van der Waals surface area contributed by atoms with Crippen LogP contribution in [0.3, 0.4) is 0 Å². The molecule has 0 bridgehead atoms. The van der Waals surface area contributed by atoms with E-state index in [0.717, 1.165) is 31.1 Å². The lowest BCUT2D eigenvalue weighted by molar-refractivity contribution is 0.738. The molecule has 0 fully saturated rings. The van der Waals surface area contributed by atoms with Gasteiger partial charge in [0.15, 0.2) is 0 Å². The Kier molecular flexibility index (Phi) is 4.39. The van der Waals surface area contributed by atoms with Gasteiger partial charge in [0.25, 0.3) is 0 Å². The van der Waals surface area contributed by atoms with Crippen LogP contribution >= 0.6 is 0 Å². The first-order valence-corrected chi connectivity index (χ1v) is 6.63. The zero-order valence-electron chi connectivity index (χ0n) is 11.8. The van der Waals surface area contributed by atoms with E-state index in [0.29, 0.717) is 0 Å². The summed E-state index contributed by atoms with van der Waals surface area (Å²) >= 11 is 0. The predicted molar refractivity (Wildman–Crippen MR) is 78.3 cm³/mol. The molecule has 2 rings (SSSR count). The van der Waals surface area contributed by atoms with Gasteiger partial charge in [-0.3, -0.25) is 4.68 Å². The van der Waals surface area contributed by atoms with E-state index in [-0.39, 0.29) is 0 Å². The van der Waals surface area contributed by atoms with Gasteiger partial charge < -0.3 is 10.6 Å². The molecule has 5 nitrogen and oxygen atoms in total. The summed E-state index contributed by atoms with van der Waals surface area (Å²) in [5.74, 6) is 1.79. The van der Waals surface area contributed by atoms with Gasteiger partial charge in [-0.2, -0.15) is 5.10 Å². The minimum absolute atomic E-state index is 0.740. The molecule has 0 atom stereocenters. The van der Waals surface area contributed by atoms with Crippen molar-refractivity contribution >= 4 is 11.6 Å². The van der Waals surface area contributed by atoms with Crippen molar-refractivity contribution in [3.8, 4) is 0 Å². The average Bonchev–Trinajstić information content (AvgIpc) is 2.75. The highest BCUT2D eigenvalue weighted by Crippen LogP contribution is 2.12. The second-order valence-electron chi connectivity index (χ2n) is 4.57. The summed E-state index contributed by atoms with van der Waals surface area (Å²) in [6, 6.07) is 5.96. The Labute approximate surface area is 114 Å². The maximum Gasteiger partial charge on any atom is 0.128 e. The highest BCUT2D eigenvalue weighted by molar-refractivity contribution is 5.45. The van der Waals surface area contributed by atoms with Gasteiger partial charge in [0, 0.05) is 31.4 Å². The van der Waals surface area contributed by atoms with Crippen LogP contribution in [0.1, 0.15) is 24.6 Å². The van der Waals surface area contributed by atoms with Crippen LogP contribution in [0.5, 0.6) is 0 Å². The lowest BCUT2D eigenvalue weighted by atomic mass is 10.2. The molecule has 0 radical (unpaired) electrons. The monoisotopic (exact) mass is 259 g/mol. The van der Waals surface area contributed by atoms with Crippen LogP contribution in [-0.4, -0.2) is 21.3 Å². The fourth-order valence-electron chi connectivity index (χ4n) is 1.79. The lowest BCUT2D eigenvalue weighted by Crippen LogP contribution is -2.06. The Morgan fingerprint density at radius 2 is 1.95 bits per heavy atom. The number of nitrogens with zero attached hydrogens (tertiary/aromatic N) is 3. The van der Waals surface area contributed by atoms with E-state index in [1.807, 2.05) is 36.1 Å². The number of nitrogens with one attached hydrogen (secondary N) is 2. The zero-order chi connectivity index (χ0) is 13.7. The number of rotatable bonds is 6. The fourth-order valence-corrected chi connectivity index (χ4v) is 1.79. The Morgan fingerprint density at radius 3 is 2.58 bits per heavy atom. The van der Waals surface area contributed by atoms with Gasteiger partial charge in [-0.05, 0) is 25.5 Å². The maximum atomic E-state index is 4.51. The van der Waals surface area contributed by atoms with Gasteiger partial charge in [0.05, 0.1) is 6.20 Å². The third-order valence-electron chi connectivity index (χ3n) is 3.10. The molecule has 0 aliphatic heterocycles. The molecule has 19 heavy (non-hydrogen) atoms. The van der Waals surface area contributed by atoms with E-state index >= 15 is 0 Å². The van der Waals surface area contributed by atoms with Crippen LogP contribution in [0.4, 0.5) is 11.6 Å². The molecule has 102 valence electrons. The first kappa shape index (κ1) is 13.4. The average molecular weight is 259 g/mol. The lowest BCUT2D eigenvalue weighted by Gasteiger charge is -2.08. The van der Waals surface area contributed by atoms with Crippen LogP contribution in [-0.2, 0) is 13.6 Å². The van der Waals surface area contributed by atoms with E-state index in [1.54, 1.807) is 0 Å². The van der Waals surface area contributed by atoms with Crippen LogP contribution < -0.4 is 10.6 Å². The Morgan fingerprint density at radius 1 is 1.21 bits per heavy atom. The number of hydrogen-bond donors (Lipinski definition) is 2. The summed E-state index contributed by atoms with van der Waals surface area (Å²) < 4.78 is 1.88. The van der Waals surface area contributed by atoms with Crippen molar-refractivity contribution in [2.45, 2.75) is 26.8 Å². The minimum atomic E-state index is 0.740.